The lowest BCUT2D eigenvalue weighted by Crippen LogP contribution is -2.25. The van der Waals surface area contributed by atoms with Gasteiger partial charge in [0.2, 0.25) is 17.6 Å². The smallest absolute Gasteiger partial charge is 0.244 e. The van der Waals surface area contributed by atoms with Gasteiger partial charge in [0.1, 0.15) is 6.61 Å². The first-order chi connectivity index (χ1) is 12.3. The molecule has 7 heteroatoms. The van der Waals surface area contributed by atoms with E-state index in [-0.39, 0.29) is 6.04 Å². The van der Waals surface area contributed by atoms with E-state index in [1.165, 1.54) is 19.3 Å². The van der Waals surface area contributed by atoms with Crippen LogP contribution in [0.5, 0.6) is 5.88 Å². The van der Waals surface area contributed by atoms with Crippen molar-refractivity contribution in [3.05, 3.63) is 24.2 Å². The molecule has 3 heterocycles. The summed E-state index contributed by atoms with van der Waals surface area (Å²) < 4.78 is 16.0. The van der Waals surface area contributed by atoms with E-state index in [9.17, 15) is 0 Å². The van der Waals surface area contributed by atoms with E-state index < -0.39 is 0 Å². The molecule has 0 aromatic carbocycles. The summed E-state index contributed by atoms with van der Waals surface area (Å²) in [5.41, 5.74) is 0.834. The predicted octanol–water partition coefficient (Wildman–Crippen LogP) is 2.70. The van der Waals surface area contributed by atoms with E-state index in [1.807, 2.05) is 12.1 Å². The molecule has 1 aliphatic heterocycles. The predicted molar refractivity (Wildman–Crippen MR) is 91.2 cm³/mol. The third-order valence-corrected chi connectivity index (χ3v) is 4.81. The number of methoxy groups -OCH3 is 1. The number of rotatable bonds is 8. The number of pyridine rings is 1. The first-order valence-corrected chi connectivity index (χ1v) is 8.99. The van der Waals surface area contributed by atoms with E-state index >= 15 is 0 Å². The van der Waals surface area contributed by atoms with Crippen LogP contribution in [0.25, 0.3) is 11.4 Å². The van der Waals surface area contributed by atoms with Gasteiger partial charge in [0, 0.05) is 31.5 Å². The summed E-state index contributed by atoms with van der Waals surface area (Å²) in [6.45, 7) is 3.31. The molecule has 7 nitrogen and oxygen atoms in total. The van der Waals surface area contributed by atoms with Gasteiger partial charge in [0.25, 0.3) is 0 Å². The second-order valence-electron chi connectivity index (χ2n) is 6.78. The molecule has 0 amide bonds. The van der Waals surface area contributed by atoms with Gasteiger partial charge in [-0.3, -0.25) is 4.90 Å². The van der Waals surface area contributed by atoms with Crippen LogP contribution in [0.1, 0.15) is 37.6 Å². The van der Waals surface area contributed by atoms with Crippen molar-refractivity contribution in [3.8, 4) is 17.3 Å². The van der Waals surface area contributed by atoms with Gasteiger partial charge in [-0.15, -0.1) is 0 Å². The van der Waals surface area contributed by atoms with Crippen molar-refractivity contribution in [2.24, 2.45) is 5.92 Å². The Morgan fingerprint density at radius 2 is 2.16 bits per heavy atom. The minimum absolute atomic E-state index is 0.270. The van der Waals surface area contributed by atoms with Crippen molar-refractivity contribution in [3.63, 3.8) is 0 Å². The third-order valence-electron chi connectivity index (χ3n) is 4.81. The highest BCUT2D eigenvalue weighted by Gasteiger charge is 2.34. The van der Waals surface area contributed by atoms with Gasteiger partial charge in [-0.1, -0.05) is 5.16 Å². The van der Waals surface area contributed by atoms with Crippen LogP contribution < -0.4 is 4.74 Å². The van der Waals surface area contributed by atoms with Crippen molar-refractivity contribution in [2.75, 3.05) is 33.4 Å². The van der Waals surface area contributed by atoms with E-state index in [2.05, 4.69) is 20.0 Å². The van der Waals surface area contributed by atoms with Gasteiger partial charge < -0.3 is 14.0 Å². The van der Waals surface area contributed by atoms with Gasteiger partial charge in [-0.2, -0.15) is 4.98 Å². The molecule has 0 unspecified atom stereocenters. The molecule has 25 heavy (non-hydrogen) atoms. The molecule has 0 bridgehead atoms. The van der Waals surface area contributed by atoms with Gasteiger partial charge in [0.15, 0.2) is 0 Å². The fourth-order valence-electron chi connectivity index (χ4n) is 3.27. The highest BCUT2D eigenvalue weighted by atomic mass is 16.5. The SMILES string of the molecule is COCCOc1ccc(-c2noc([C@@H]3CCCN3CC3CC3)n2)cn1. The Labute approximate surface area is 147 Å². The zero-order valence-electron chi connectivity index (χ0n) is 14.6. The molecule has 2 aromatic rings. The van der Waals surface area contributed by atoms with E-state index in [4.69, 9.17) is 14.0 Å². The Morgan fingerprint density at radius 3 is 2.92 bits per heavy atom. The number of ether oxygens (including phenoxy) is 2. The molecule has 2 fully saturated rings. The second-order valence-corrected chi connectivity index (χ2v) is 6.78. The quantitative estimate of drug-likeness (QED) is 0.682. The zero-order valence-corrected chi connectivity index (χ0v) is 14.6. The monoisotopic (exact) mass is 344 g/mol. The maximum Gasteiger partial charge on any atom is 0.244 e. The standard InChI is InChI=1S/C18H24N4O3/c1-23-9-10-24-16-7-6-14(11-19-16)17-20-18(25-21-17)15-3-2-8-22(15)12-13-4-5-13/h6-7,11,13,15H,2-5,8-10,12H2,1H3/t15-/m0/s1. The largest absolute Gasteiger partial charge is 0.475 e. The molecule has 0 N–H and O–H groups in total. The molecule has 4 rings (SSSR count). The average molecular weight is 344 g/mol. The van der Waals surface area contributed by atoms with E-state index in [1.54, 1.807) is 13.3 Å². The molecule has 1 saturated heterocycles. The first kappa shape index (κ1) is 16.5. The number of aromatic nitrogens is 3. The molecule has 1 atom stereocenters. The average Bonchev–Trinajstić information content (AvgIpc) is 3.12. The molecule has 2 aliphatic rings. The van der Waals surface area contributed by atoms with Crippen LogP contribution in [-0.4, -0.2) is 53.4 Å². The minimum Gasteiger partial charge on any atom is -0.475 e. The van der Waals surface area contributed by atoms with Crippen LogP contribution in [0.15, 0.2) is 22.9 Å². The lowest BCUT2D eigenvalue weighted by atomic mass is 10.2. The van der Waals surface area contributed by atoms with Crippen LogP contribution in [0.4, 0.5) is 0 Å². The molecule has 0 radical (unpaired) electrons. The fourth-order valence-corrected chi connectivity index (χ4v) is 3.27. The molecular weight excluding hydrogens is 320 g/mol. The third kappa shape index (κ3) is 3.99. The summed E-state index contributed by atoms with van der Waals surface area (Å²) in [7, 11) is 1.64. The van der Waals surface area contributed by atoms with Crippen LogP contribution in [0.2, 0.25) is 0 Å². The first-order valence-electron chi connectivity index (χ1n) is 8.99. The molecule has 0 spiro atoms. The normalized spacial score (nSPS) is 20.9. The van der Waals surface area contributed by atoms with Gasteiger partial charge in [0.05, 0.1) is 12.6 Å². The van der Waals surface area contributed by atoms with Crippen LogP contribution in [-0.2, 0) is 4.74 Å². The fraction of sp³-hybridized carbons (Fsp3) is 0.611. The molecule has 2 aromatic heterocycles. The molecule has 1 saturated carbocycles. The van der Waals surface area contributed by atoms with Crippen molar-refractivity contribution in [2.45, 2.75) is 31.7 Å². The zero-order chi connectivity index (χ0) is 17.1. The van der Waals surface area contributed by atoms with Crippen molar-refractivity contribution < 1.29 is 14.0 Å². The van der Waals surface area contributed by atoms with Crippen LogP contribution >= 0.6 is 0 Å². The lowest BCUT2D eigenvalue weighted by molar-refractivity contribution is 0.144. The summed E-state index contributed by atoms with van der Waals surface area (Å²) in [6, 6.07) is 3.99. The Bertz CT molecular complexity index is 684. The Hall–Kier alpha value is -1.99. The van der Waals surface area contributed by atoms with Gasteiger partial charge >= 0.3 is 0 Å². The maximum atomic E-state index is 5.57. The van der Waals surface area contributed by atoms with Crippen LogP contribution in [0.3, 0.4) is 0 Å². The van der Waals surface area contributed by atoms with Crippen LogP contribution in [0, 0.1) is 5.92 Å². The van der Waals surface area contributed by atoms with E-state index in [0.717, 1.165) is 36.9 Å². The highest BCUT2D eigenvalue weighted by molar-refractivity contribution is 5.53. The number of likely N-dealkylation sites (tertiary alicyclic amines) is 1. The summed E-state index contributed by atoms with van der Waals surface area (Å²) >= 11 is 0. The summed E-state index contributed by atoms with van der Waals surface area (Å²) in [4.78, 5) is 11.4. The number of nitrogens with zero attached hydrogens (tertiary/aromatic N) is 4. The van der Waals surface area contributed by atoms with Crippen molar-refractivity contribution in [1.29, 1.82) is 0 Å². The summed E-state index contributed by atoms with van der Waals surface area (Å²) in [5, 5.41) is 4.15. The second kappa shape index (κ2) is 7.49. The lowest BCUT2D eigenvalue weighted by Gasteiger charge is -2.20. The molecule has 1 aliphatic carbocycles. The number of hydrogen-bond donors (Lipinski definition) is 0. The summed E-state index contributed by atoms with van der Waals surface area (Å²) in [6.07, 6.45) is 6.74. The Kier molecular flexibility index (Phi) is 4.94. The van der Waals surface area contributed by atoms with Crippen molar-refractivity contribution >= 4 is 0 Å². The van der Waals surface area contributed by atoms with E-state index in [0.29, 0.717) is 24.9 Å². The van der Waals surface area contributed by atoms with Gasteiger partial charge in [-0.25, -0.2) is 4.98 Å². The molecule has 134 valence electrons. The topological polar surface area (TPSA) is 73.5 Å². The number of hydrogen-bond acceptors (Lipinski definition) is 7. The highest BCUT2D eigenvalue weighted by Crippen LogP contribution is 2.37. The van der Waals surface area contributed by atoms with Crippen molar-refractivity contribution in [1.82, 2.24) is 20.0 Å². The molecular formula is C18H24N4O3. The van der Waals surface area contributed by atoms with Gasteiger partial charge in [-0.05, 0) is 44.2 Å². The maximum absolute atomic E-state index is 5.57. The Balaban J connectivity index is 1.41. The minimum atomic E-state index is 0.270. The summed E-state index contributed by atoms with van der Waals surface area (Å²) in [5.74, 6) is 2.76. The Morgan fingerprint density at radius 1 is 1.24 bits per heavy atom.